The number of anilines is 1. The zero-order valence-electron chi connectivity index (χ0n) is 16.6. The van der Waals surface area contributed by atoms with Gasteiger partial charge in [0.25, 0.3) is 5.69 Å². The summed E-state index contributed by atoms with van der Waals surface area (Å²) in [6.45, 7) is 6.89. The maximum atomic E-state index is 12.2. The van der Waals surface area contributed by atoms with Gasteiger partial charge < -0.3 is 15.0 Å². The van der Waals surface area contributed by atoms with Crippen molar-refractivity contribution in [1.82, 2.24) is 4.90 Å². The molecule has 0 fully saturated rings. The molecule has 154 valence electrons. The number of nitrogens with one attached hydrogen (secondary N) is 1. The zero-order chi connectivity index (χ0) is 21.2. The molecule has 0 saturated carbocycles. The molecular weight excluding hydrogens is 374 g/mol. The number of benzene rings is 2. The predicted molar refractivity (Wildman–Crippen MR) is 110 cm³/mol. The molecule has 1 N–H and O–H groups in total. The monoisotopic (exact) mass is 399 g/mol. The summed E-state index contributed by atoms with van der Waals surface area (Å²) in [7, 11) is 0. The molecule has 0 aliphatic carbocycles. The number of para-hydroxylation sites is 1. The molecule has 1 amide bonds. The fourth-order valence-corrected chi connectivity index (χ4v) is 2.80. The van der Waals surface area contributed by atoms with E-state index in [2.05, 4.69) is 10.2 Å². The van der Waals surface area contributed by atoms with Crippen molar-refractivity contribution >= 4 is 23.3 Å². The third-order valence-corrected chi connectivity index (χ3v) is 4.48. The minimum absolute atomic E-state index is 0.0922. The van der Waals surface area contributed by atoms with Crippen molar-refractivity contribution in [3.05, 3.63) is 69.8 Å². The molecular formula is C21H25N3O5. The second-order valence-electron chi connectivity index (χ2n) is 6.35. The molecule has 8 nitrogen and oxygen atoms in total. The van der Waals surface area contributed by atoms with Gasteiger partial charge in [-0.15, -0.1) is 0 Å². The van der Waals surface area contributed by atoms with Crippen LogP contribution >= 0.6 is 0 Å². The molecule has 0 spiro atoms. The van der Waals surface area contributed by atoms with Crippen molar-refractivity contribution in [1.29, 1.82) is 0 Å². The van der Waals surface area contributed by atoms with Gasteiger partial charge in [0, 0.05) is 23.9 Å². The highest BCUT2D eigenvalue weighted by Crippen LogP contribution is 2.19. The highest BCUT2D eigenvalue weighted by atomic mass is 16.6. The molecule has 0 bridgehead atoms. The lowest BCUT2D eigenvalue weighted by atomic mass is 10.1. The number of nitrogens with zero attached hydrogens (tertiary/aromatic N) is 2. The van der Waals surface area contributed by atoms with Crippen LogP contribution in [0, 0.1) is 10.1 Å². The van der Waals surface area contributed by atoms with Crippen LogP contribution in [0.5, 0.6) is 0 Å². The molecule has 8 heteroatoms. The van der Waals surface area contributed by atoms with Gasteiger partial charge in [0.15, 0.2) is 0 Å². The summed E-state index contributed by atoms with van der Waals surface area (Å²) in [6.07, 6.45) is -0.119. The van der Waals surface area contributed by atoms with E-state index in [-0.39, 0.29) is 18.0 Å². The summed E-state index contributed by atoms with van der Waals surface area (Å²) in [6, 6.07) is 12.4. The molecule has 2 aromatic rings. The summed E-state index contributed by atoms with van der Waals surface area (Å²) in [5.74, 6) is -0.802. The van der Waals surface area contributed by atoms with Crippen LogP contribution in [0.15, 0.2) is 48.5 Å². The third-order valence-electron chi connectivity index (χ3n) is 4.48. The number of esters is 1. The number of nitro benzene ring substituents is 1. The van der Waals surface area contributed by atoms with Crippen molar-refractivity contribution in [3.8, 4) is 0 Å². The minimum Gasteiger partial charge on any atom is -0.461 e. The van der Waals surface area contributed by atoms with Crippen molar-refractivity contribution in [2.24, 2.45) is 0 Å². The molecule has 0 atom stereocenters. The number of nitro groups is 1. The minimum atomic E-state index is -0.511. The first-order chi connectivity index (χ1) is 13.9. The fraction of sp³-hybridized carbons (Fsp3) is 0.333. The summed E-state index contributed by atoms with van der Waals surface area (Å²) < 4.78 is 5.27. The lowest BCUT2D eigenvalue weighted by molar-refractivity contribution is -0.385. The van der Waals surface area contributed by atoms with Crippen molar-refractivity contribution in [2.75, 3.05) is 31.6 Å². The normalized spacial score (nSPS) is 10.6. The van der Waals surface area contributed by atoms with E-state index in [4.69, 9.17) is 4.74 Å². The molecule has 29 heavy (non-hydrogen) atoms. The largest absolute Gasteiger partial charge is 0.461 e. The average Bonchev–Trinajstić information content (AvgIpc) is 2.71. The Kier molecular flexibility index (Phi) is 8.29. The first-order valence-corrected chi connectivity index (χ1v) is 9.46. The molecule has 0 unspecified atom stereocenters. The molecule has 0 saturated heterocycles. The number of amides is 1. The Morgan fingerprint density at radius 1 is 1.07 bits per heavy atom. The van der Waals surface area contributed by atoms with Gasteiger partial charge >= 0.3 is 5.97 Å². The van der Waals surface area contributed by atoms with E-state index in [9.17, 15) is 19.7 Å². The van der Waals surface area contributed by atoms with Crippen molar-refractivity contribution in [2.45, 2.75) is 20.3 Å². The Morgan fingerprint density at radius 3 is 2.34 bits per heavy atom. The number of likely N-dealkylation sites (N-methyl/N-ethyl adjacent to an activating group) is 1. The van der Waals surface area contributed by atoms with Gasteiger partial charge in [-0.1, -0.05) is 32.0 Å². The molecule has 0 aromatic heterocycles. The van der Waals surface area contributed by atoms with Crippen LogP contribution in [0.2, 0.25) is 0 Å². The maximum Gasteiger partial charge on any atom is 0.338 e. The quantitative estimate of drug-likeness (QED) is 0.374. The molecule has 0 heterocycles. The number of hydrogen-bond acceptors (Lipinski definition) is 6. The van der Waals surface area contributed by atoms with Gasteiger partial charge in [0.2, 0.25) is 5.91 Å². The maximum absolute atomic E-state index is 12.2. The Hall–Kier alpha value is -3.26. The van der Waals surface area contributed by atoms with Crippen LogP contribution in [0.4, 0.5) is 11.4 Å². The third kappa shape index (κ3) is 6.69. The number of hydrogen-bond donors (Lipinski definition) is 1. The predicted octanol–water partition coefficient (Wildman–Crippen LogP) is 3.27. The molecule has 0 aliphatic heterocycles. The highest BCUT2D eigenvalue weighted by Gasteiger charge is 2.16. The van der Waals surface area contributed by atoms with E-state index in [0.717, 1.165) is 13.1 Å². The van der Waals surface area contributed by atoms with Crippen molar-refractivity contribution in [3.63, 3.8) is 0 Å². The van der Waals surface area contributed by atoms with Gasteiger partial charge in [-0.25, -0.2) is 4.79 Å². The van der Waals surface area contributed by atoms with Gasteiger partial charge in [-0.2, -0.15) is 0 Å². The van der Waals surface area contributed by atoms with Crippen LogP contribution in [-0.4, -0.2) is 47.9 Å². The number of carbonyl (C=O) groups excluding carboxylic acids is 2. The van der Waals surface area contributed by atoms with Gasteiger partial charge in [0.05, 0.1) is 16.9 Å². The highest BCUT2D eigenvalue weighted by molar-refractivity contribution is 5.94. The van der Waals surface area contributed by atoms with E-state index < -0.39 is 10.9 Å². The van der Waals surface area contributed by atoms with E-state index in [0.29, 0.717) is 30.0 Å². The second kappa shape index (κ2) is 10.9. The number of carbonyl (C=O) groups is 2. The standard InChI is InChI=1S/C21H25N3O5/c1-3-23(4-2)13-14-29-21(26)16-9-11-18(12-10-16)22-20(25)15-17-7-5-6-8-19(17)24(27)28/h5-12H,3-4,13-15H2,1-2H3,(H,22,25). The SMILES string of the molecule is CCN(CC)CCOC(=O)c1ccc(NC(=O)Cc2ccccc2[N+](=O)[O-])cc1. The zero-order valence-corrected chi connectivity index (χ0v) is 16.6. The number of ether oxygens (including phenoxy) is 1. The molecule has 2 aromatic carbocycles. The van der Waals surface area contributed by atoms with Crippen LogP contribution < -0.4 is 5.32 Å². The Balaban J connectivity index is 1.89. The topological polar surface area (TPSA) is 102 Å². The molecule has 2 rings (SSSR count). The summed E-state index contributed by atoms with van der Waals surface area (Å²) in [5, 5.41) is 13.7. The van der Waals surface area contributed by atoms with E-state index in [1.807, 2.05) is 13.8 Å². The Labute approximate surface area is 169 Å². The van der Waals surface area contributed by atoms with Crippen LogP contribution in [0.1, 0.15) is 29.8 Å². The van der Waals surface area contributed by atoms with Crippen molar-refractivity contribution < 1.29 is 19.2 Å². The van der Waals surface area contributed by atoms with E-state index in [1.54, 1.807) is 42.5 Å². The summed E-state index contributed by atoms with van der Waals surface area (Å²) in [4.78, 5) is 37.0. The number of rotatable bonds is 10. The fourth-order valence-electron chi connectivity index (χ4n) is 2.80. The van der Waals surface area contributed by atoms with E-state index in [1.165, 1.54) is 6.07 Å². The van der Waals surface area contributed by atoms with Gasteiger partial charge in [0.1, 0.15) is 6.61 Å². The van der Waals surface area contributed by atoms with E-state index >= 15 is 0 Å². The van der Waals surface area contributed by atoms with Gasteiger partial charge in [-0.05, 0) is 37.4 Å². The van der Waals surface area contributed by atoms with Crippen LogP contribution in [-0.2, 0) is 16.0 Å². The first-order valence-electron chi connectivity index (χ1n) is 9.46. The Morgan fingerprint density at radius 2 is 1.72 bits per heavy atom. The first kappa shape index (κ1) is 22.0. The summed E-state index contributed by atoms with van der Waals surface area (Å²) in [5.41, 5.74) is 1.13. The average molecular weight is 399 g/mol. The van der Waals surface area contributed by atoms with Crippen LogP contribution in [0.25, 0.3) is 0 Å². The Bertz CT molecular complexity index is 848. The van der Waals surface area contributed by atoms with Gasteiger partial charge in [-0.3, -0.25) is 14.9 Å². The smallest absolute Gasteiger partial charge is 0.338 e. The molecule has 0 aliphatic rings. The second-order valence-corrected chi connectivity index (χ2v) is 6.35. The lowest BCUT2D eigenvalue weighted by Gasteiger charge is -2.17. The summed E-state index contributed by atoms with van der Waals surface area (Å²) >= 11 is 0. The molecule has 0 radical (unpaired) electrons. The van der Waals surface area contributed by atoms with Crippen LogP contribution in [0.3, 0.4) is 0 Å². The lowest BCUT2D eigenvalue weighted by Crippen LogP contribution is -2.27.